The van der Waals surface area contributed by atoms with Crippen molar-refractivity contribution >= 4 is 5.95 Å². The molecule has 2 atom stereocenters. The van der Waals surface area contributed by atoms with Crippen molar-refractivity contribution in [2.45, 2.75) is 25.7 Å². The van der Waals surface area contributed by atoms with Gasteiger partial charge in [0.1, 0.15) is 5.82 Å². The number of aromatic nitrogens is 3. The van der Waals surface area contributed by atoms with Gasteiger partial charge in [-0.2, -0.15) is 4.98 Å². The Hall–Kier alpha value is -1.10. The lowest BCUT2D eigenvalue weighted by Gasteiger charge is -2.06. The smallest absolute Gasteiger partial charge is 0.239 e. The monoisotopic (exact) mass is 196 g/mol. The van der Waals surface area contributed by atoms with Crippen LogP contribution in [0.4, 0.5) is 5.95 Å². The number of rotatable bonds is 3. The third-order valence-electron chi connectivity index (χ3n) is 2.94. The second kappa shape index (κ2) is 3.96. The van der Waals surface area contributed by atoms with E-state index in [1.807, 2.05) is 0 Å². The van der Waals surface area contributed by atoms with Crippen molar-refractivity contribution in [3.05, 3.63) is 5.82 Å². The molecule has 0 saturated heterocycles. The van der Waals surface area contributed by atoms with Crippen LogP contribution in [0.3, 0.4) is 0 Å². The van der Waals surface area contributed by atoms with Crippen molar-refractivity contribution in [3.63, 3.8) is 0 Å². The first-order valence-electron chi connectivity index (χ1n) is 5.05. The summed E-state index contributed by atoms with van der Waals surface area (Å²) in [7, 11) is 0. The zero-order valence-corrected chi connectivity index (χ0v) is 8.11. The van der Waals surface area contributed by atoms with E-state index in [4.69, 9.17) is 10.8 Å². The zero-order valence-electron chi connectivity index (χ0n) is 8.11. The minimum atomic E-state index is 0.315. The second-order valence-corrected chi connectivity index (χ2v) is 4.07. The van der Waals surface area contributed by atoms with Gasteiger partial charge in [0.2, 0.25) is 5.95 Å². The number of nitrogens with one attached hydrogen (secondary N) is 1. The molecule has 5 nitrogen and oxygen atoms in total. The normalized spacial score (nSPS) is 26.9. The van der Waals surface area contributed by atoms with Crippen LogP contribution in [0.25, 0.3) is 0 Å². The van der Waals surface area contributed by atoms with Gasteiger partial charge in [0.05, 0.1) is 0 Å². The molecule has 78 valence electrons. The Balaban J connectivity index is 1.87. The Morgan fingerprint density at radius 3 is 2.79 bits per heavy atom. The van der Waals surface area contributed by atoms with Gasteiger partial charge >= 0.3 is 0 Å². The molecule has 0 aliphatic heterocycles. The lowest BCUT2D eigenvalue weighted by Crippen LogP contribution is -2.04. The highest BCUT2D eigenvalue weighted by Crippen LogP contribution is 2.32. The first-order valence-corrected chi connectivity index (χ1v) is 5.05. The summed E-state index contributed by atoms with van der Waals surface area (Å²) < 4.78 is 0. The lowest BCUT2D eigenvalue weighted by molar-refractivity contribution is 0.226. The van der Waals surface area contributed by atoms with Gasteiger partial charge in [0.15, 0.2) is 0 Å². The minimum Gasteiger partial charge on any atom is -0.396 e. The van der Waals surface area contributed by atoms with Gasteiger partial charge in [-0.15, -0.1) is 5.10 Å². The predicted octanol–water partition coefficient (Wildman–Crippen LogP) is 0.338. The summed E-state index contributed by atoms with van der Waals surface area (Å²) in [6, 6.07) is 0. The summed E-state index contributed by atoms with van der Waals surface area (Å²) in [6.07, 6.45) is 4.30. The molecule has 4 N–H and O–H groups in total. The molecule has 0 amide bonds. The molecule has 1 aliphatic carbocycles. The van der Waals surface area contributed by atoms with Gasteiger partial charge in [-0.05, 0) is 31.1 Å². The summed E-state index contributed by atoms with van der Waals surface area (Å²) in [5, 5.41) is 15.6. The van der Waals surface area contributed by atoms with Crippen molar-refractivity contribution in [2.75, 3.05) is 12.3 Å². The Morgan fingerprint density at radius 2 is 2.21 bits per heavy atom. The van der Waals surface area contributed by atoms with E-state index in [1.165, 1.54) is 6.42 Å². The number of H-pyrrole nitrogens is 1. The van der Waals surface area contributed by atoms with Crippen molar-refractivity contribution in [1.29, 1.82) is 0 Å². The van der Waals surface area contributed by atoms with E-state index >= 15 is 0 Å². The first-order chi connectivity index (χ1) is 6.78. The minimum absolute atomic E-state index is 0.315. The van der Waals surface area contributed by atoms with Crippen LogP contribution >= 0.6 is 0 Å². The molecule has 1 aromatic heterocycles. The molecule has 0 bridgehead atoms. The summed E-state index contributed by atoms with van der Waals surface area (Å²) in [5.74, 6) is 2.29. The van der Waals surface area contributed by atoms with E-state index in [-0.39, 0.29) is 0 Å². The maximum absolute atomic E-state index is 9.00. The van der Waals surface area contributed by atoms with Crippen LogP contribution < -0.4 is 5.73 Å². The number of nitrogen functional groups attached to an aromatic ring is 1. The van der Waals surface area contributed by atoms with E-state index < -0.39 is 0 Å². The van der Waals surface area contributed by atoms with Gasteiger partial charge in [0.25, 0.3) is 0 Å². The molecule has 0 spiro atoms. The van der Waals surface area contributed by atoms with Crippen molar-refractivity contribution in [2.24, 2.45) is 11.8 Å². The Morgan fingerprint density at radius 1 is 1.43 bits per heavy atom. The van der Waals surface area contributed by atoms with E-state index in [2.05, 4.69) is 15.2 Å². The summed E-state index contributed by atoms with van der Waals surface area (Å²) in [6.45, 7) is 0.315. The average Bonchev–Trinajstić information content (AvgIpc) is 2.76. The van der Waals surface area contributed by atoms with Crippen LogP contribution in [-0.4, -0.2) is 26.9 Å². The third-order valence-corrected chi connectivity index (χ3v) is 2.94. The lowest BCUT2D eigenvalue weighted by atomic mass is 10.0. The van der Waals surface area contributed by atoms with Gasteiger partial charge < -0.3 is 10.8 Å². The summed E-state index contributed by atoms with van der Waals surface area (Å²) in [5.41, 5.74) is 5.41. The number of hydrogen-bond acceptors (Lipinski definition) is 4. The molecular weight excluding hydrogens is 180 g/mol. The summed E-state index contributed by atoms with van der Waals surface area (Å²) >= 11 is 0. The molecule has 5 heteroatoms. The van der Waals surface area contributed by atoms with E-state index in [0.717, 1.165) is 25.1 Å². The largest absolute Gasteiger partial charge is 0.396 e. The summed E-state index contributed by atoms with van der Waals surface area (Å²) in [4.78, 5) is 4.07. The van der Waals surface area contributed by atoms with Gasteiger partial charge in [-0.25, -0.2) is 0 Å². The van der Waals surface area contributed by atoms with Crippen molar-refractivity contribution in [1.82, 2.24) is 15.2 Å². The molecule has 14 heavy (non-hydrogen) atoms. The number of aliphatic hydroxyl groups excluding tert-OH is 1. The molecule has 1 aromatic rings. The van der Waals surface area contributed by atoms with E-state index in [9.17, 15) is 0 Å². The molecular formula is C9H16N4O. The SMILES string of the molecule is Nc1n[nH]c(CC2CCC(CO)C2)n1. The third kappa shape index (κ3) is 2.04. The molecule has 1 saturated carbocycles. The fraction of sp³-hybridized carbons (Fsp3) is 0.778. The molecule has 2 rings (SSSR count). The van der Waals surface area contributed by atoms with E-state index in [0.29, 0.717) is 24.4 Å². The average molecular weight is 196 g/mol. The number of aliphatic hydroxyl groups is 1. The van der Waals surface area contributed by atoms with E-state index in [1.54, 1.807) is 0 Å². The molecule has 1 heterocycles. The van der Waals surface area contributed by atoms with Gasteiger partial charge in [-0.3, -0.25) is 5.10 Å². The number of anilines is 1. The zero-order chi connectivity index (χ0) is 9.97. The molecule has 0 radical (unpaired) electrons. The number of nitrogens with two attached hydrogens (primary N) is 1. The van der Waals surface area contributed by atoms with Crippen molar-refractivity contribution < 1.29 is 5.11 Å². The van der Waals surface area contributed by atoms with Crippen LogP contribution in [0, 0.1) is 11.8 Å². The molecule has 1 fully saturated rings. The fourth-order valence-corrected chi connectivity index (χ4v) is 2.20. The second-order valence-electron chi connectivity index (χ2n) is 4.07. The standard InChI is InChI=1S/C9H16N4O/c10-9-11-8(12-13-9)4-6-1-2-7(3-6)5-14/h6-7,14H,1-5H2,(H3,10,11,12,13). The van der Waals surface area contributed by atoms with Crippen LogP contribution in [0.15, 0.2) is 0 Å². The predicted molar refractivity (Wildman–Crippen MR) is 52.4 cm³/mol. The maximum atomic E-state index is 9.00. The highest BCUT2D eigenvalue weighted by molar-refractivity contribution is 5.12. The highest BCUT2D eigenvalue weighted by Gasteiger charge is 2.24. The fourth-order valence-electron chi connectivity index (χ4n) is 2.20. The Bertz CT molecular complexity index is 299. The highest BCUT2D eigenvalue weighted by atomic mass is 16.3. The number of hydrogen-bond donors (Lipinski definition) is 3. The van der Waals surface area contributed by atoms with Crippen LogP contribution in [-0.2, 0) is 6.42 Å². The Kier molecular flexibility index (Phi) is 2.67. The maximum Gasteiger partial charge on any atom is 0.239 e. The number of nitrogens with zero attached hydrogens (tertiary/aromatic N) is 2. The van der Waals surface area contributed by atoms with Gasteiger partial charge in [-0.1, -0.05) is 0 Å². The van der Waals surface area contributed by atoms with Crippen LogP contribution in [0.5, 0.6) is 0 Å². The van der Waals surface area contributed by atoms with Crippen molar-refractivity contribution in [3.8, 4) is 0 Å². The molecule has 1 aliphatic rings. The van der Waals surface area contributed by atoms with Crippen LogP contribution in [0.2, 0.25) is 0 Å². The van der Waals surface area contributed by atoms with Gasteiger partial charge in [0, 0.05) is 13.0 Å². The van der Waals surface area contributed by atoms with Crippen LogP contribution in [0.1, 0.15) is 25.1 Å². The Labute approximate surface area is 82.7 Å². The molecule has 0 aromatic carbocycles. The first kappa shape index (κ1) is 9.45. The topological polar surface area (TPSA) is 87.8 Å². The molecule has 2 unspecified atom stereocenters. The quantitative estimate of drug-likeness (QED) is 0.650. The number of aromatic amines is 1.